The third-order valence-electron chi connectivity index (χ3n) is 2.42. The summed E-state index contributed by atoms with van der Waals surface area (Å²) < 4.78 is 10.8. The second kappa shape index (κ2) is 6.38. The highest BCUT2D eigenvalue weighted by molar-refractivity contribution is 5.47. The molecule has 0 fully saturated rings. The third kappa shape index (κ3) is 3.42. The summed E-state index contributed by atoms with van der Waals surface area (Å²) in [6.07, 6.45) is 1.02. The number of aryl methyl sites for hydroxylation is 1. The SMILES string of the molecule is CCCOCCOc1ccc(C)c(O)c1C. The average molecular weight is 224 g/mol. The first-order chi connectivity index (χ1) is 7.66. The van der Waals surface area contributed by atoms with Gasteiger partial charge in [0.05, 0.1) is 6.61 Å². The van der Waals surface area contributed by atoms with Gasteiger partial charge in [0.15, 0.2) is 0 Å². The molecule has 1 aromatic carbocycles. The van der Waals surface area contributed by atoms with Gasteiger partial charge in [0, 0.05) is 12.2 Å². The smallest absolute Gasteiger partial charge is 0.126 e. The van der Waals surface area contributed by atoms with Crippen LogP contribution in [0.15, 0.2) is 12.1 Å². The normalized spacial score (nSPS) is 10.4. The number of benzene rings is 1. The van der Waals surface area contributed by atoms with E-state index in [4.69, 9.17) is 9.47 Å². The summed E-state index contributed by atoms with van der Waals surface area (Å²) >= 11 is 0. The molecule has 0 aliphatic heterocycles. The van der Waals surface area contributed by atoms with Crippen LogP contribution in [0.3, 0.4) is 0 Å². The second-order valence-corrected chi connectivity index (χ2v) is 3.82. The Kier molecular flexibility index (Phi) is 5.12. The van der Waals surface area contributed by atoms with E-state index in [0.717, 1.165) is 29.9 Å². The van der Waals surface area contributed by atoms with Crippen molar-refractivity contribution in [2.45, 2.75) is 27.2 Å². The van der Waals surface area contributed by atoms with Crippen molar-refractivity contribution in [1.29, 1.82) is 0 Å². The molecule has 0 saturated carbocycles. The molecule has 1 aromatic rings. The van der Waals surface area contributed by atoms with Crippen LogP contribution in [0.4, 0.5) is 0 Å². The quantitative estimate of drug-likeness (QED) is 0.755. The van der Waals surface area contributed by atoms with Crippen LogP contribution in [0.5, 0.6) is 11.5 Å². The van der Waals surface area contributed by atoms with Gasteiger partial charge in [-0.2, -0.15) is 0 Å². The molecule has 0 unspecified atom stereocenters. The van der Waals surface area contributed by atoms with Crippen LogP contribution in [0.1, 0.15) is 24.5 Å². The largest absolute Gasteiger partial charge is 0.507 e. The lowest BCUT2D eigenvalue weighted by Gasteiger charge is -2.11. The van der Waals surface area contributed by atoms with Gasteiger partial charge in [-0.1, -0.05) is 13.0 Å². The highest BCUT2D eigenvalue weighted by Gasteiger charge is 2.06. The van der Waals surface area contributed by atoms with Crippen LogP contribution >= 0.6 is 0 Å². The molecule has 0 radical (unpaired) electrons. The molecule has 3 nitrogen and oxygen atoms in total. The van der Waals surface area contributed by atoms with Crippen molar-refractivity contribution in [1.82, 2.24) is 0 Å². The Morgan fingerprint density at radius 2 is 1.88 bits per heavy atom. The van der Waals surface area contributed by atoms with Gasteiger partial charge >= 0.3 is 0 Å². The summed E-state index contributed by atoms with van der Waals surface area (Å²) in [5.41, 5.74) is 1.66. The summed E-state index contributed by atoms with van der Waals surface area (Å²) in [6.45, 7) is 7.66. The van der Waals surface area contributed by atoms with Gasteiger partial charge < -0.3 is 14.6 Å². The van der Waals surface area contributed by atoms with E-state index >= 15 is 0 Å². The van der Waals surface area contributed by atoms with E-state index in [1.165, 1.54) is 0 Å². The monoisotopic (exact) mass is 224 g/mol. The molecule has 0 heterocycles. The molecule has 90 valence electrons. The molecule has 1 rings (SSSR count). The minimum atomic E-state index is 0.312. The van der Waals surface area contributed by atoms with E-state index < -0.39 is 0 Å². The molecular weight excluding hydrogens is 204 g/mol. The first-order valence-corrected chi connectivity index (χ1v) is 5.66. The number of phenols is 1. The molecule has 0 amide bonds. The Morgan fingerprint density at radius 1 is 1.12 bits per heavy atom. The van der Waals surface area contributed by atoms with Gasteiger partial charge in [-0.3, -0.25) is 0 Å². The maximum Gasteiger partial charge on any atom is 0.126 e. The van der Waals surface area contributed by atoms with E-state index in [1.54, 1.807) is 0 Å². The number of hydrogen-bond acceptors (Lipinski definition) is 3. The molecule has 0 saturated heterocycles. The highest BCUT2D eigenvalue weighted by atomic mass is 16.5. The first kappa shape index (κ1) is 12.8. The number of phenolic OH excluding ortho intramolecular Hbond substituents is 1. The number of hydrogen-bond donors (Lipinski definition) is 1. The fraction of sp³-hybridized carbons (Fsp3) is 0.538. The van der Waals surface area contributed by atoms with Gasteiger partial charge in [-0.25, -0.2) is 0 Å². The molecule has 3 heteroatoms. The molecular formula is C13H20O3. The summed E-state index contributed by atoms with van der Waals surface area (Å²) in [5, 5.41) is 9.72. The standard InChI is InChI=1S/C13H20O3/c1-4-7-15-8-9-16-12-6-5-10(2)13(14)11(12)3/h5-6,14H,4,7-9H2,1-3H3. The Morgan fingerprint density at radius 3 is 2.56 bits per heavy atom. The Hall–Kier alpha value is -1.22. The number of rotatable bonds is 6. The van der Waals surface area contributed by atoms with E-state index in [1.807, 2.05) is 26.0 Å². The highest BCUT2D eigenvalue weighted by Crippen LogP contribution is 2.29. The van der Waals surface area contributed by atoms with Gasteiger partial charge in [0.25, 0.3) is 0 Å². The van der Waals surface area contributed by atoms with E-state index in [0.29, 0.717) is 19.0 Å². The molecule has 0 aliphatic rings. The van der Waals surface area contributed by atoms with Crippen molar-refractivity contribution >= 4 is 0 Å². The zero-order chi connectivity index (χ0) is 12.0. The van der Waals surface area contributed by atoms with Crippen LogP contribution < -0.4 is 4.74 Å². The Labute approximate surface area is 97.0 Å². The van der Waals surface area contributed by atoms with Gasteiger partial charge in [-0.05, 0) is 31.9 Å². The Balaban J connectivity index is 2.45. The lowest BCUT2D eigenvalue weighted by molar-refractivity contribution is 0.100. The summed E-state index contributed by atoms with van der Waals surface area (Å²) in [7, 11) is 0. The Bertz CT molecular complexity index is 334. The van der Waals surface area contributed by atoms with Crippen molar-refractivity contribution in [2.24, 2.45) is 0 Å². The van der Waals surface area contributed by atoms with Crippen LogP contribution in [0, 0.1) is 13.8 Å². The van der Waals surface area contributed by atoms with Crippen molar-refractivity contribution in [2.75, 3.05) is 19.8 Å². The predicted molar refractivity (Wildman–Crippen MR) is 64.2 cm³/mol. The van der Waals surface area contributed by atoms with Crippen LogP contribution in [-0.4, -0.2) is 24.9 Å². The zero-order valence-electron chi connectivity index (χ0n) is 10.2. The minimum absolute atomic E-state index is 0.312. The molecule has 0 aromatic heterocycles. The molecule has 0 spiro atoms. The predicted octanol–water partition coefficient (Wildman–Crippen LogP) is 2.81. The maximum atomic E-state index is 9.72. The number of aromatic hydroxyl groups is 1. The summed E-state index contributed by atoms with van der Waals surface area (Å²) in [5.74, 6) is 1.04. The van der Waals surface area contributed by atoms with Crippen molar-refractivity contribution < 1.29 is 14.6 Å². The van der Waals surface area contributed by atoms with Crippen molar-refractivity contribution in [3.8, 4) is 11.5 Å². The summed E-state index contributed by atoms with van der Waals surface area (Å²) in [6, 6.07) is 3.73. The van der Waals surface area contributed by atoms with Crippen LogP contribution in [0.2, 0.25) is 0 Å². The first-order valence-electron chi connectivity index (χ1n) is 5.66. The topological polar surface area (TPSA) is 38.7 Å². The van der Waals surface area contributed by atoms with E-state index in [9.17, 15) is 5.11 Å². The molecule has 1 N–H and O–H groups in total. The number of ether oxygens (including phenoxy) is 2. The lowest BCUT2D eigenvalue weighted by Crippen LogP contribution is -2.07. The van der Waals surface area contributed by atoms with E-state index in [-0.39, 0.29) is 0 Å². The fourth-order valence-electron chi connectivity index (χ4n) is 1.43. The van der Waals surface area contributed by atoms with Crippen LogP contribution in [-0.2, 0) is 4.74 Å². The van der Waals surface area contributed by atoms with E-state index in [2.05, 4.69) is 6.92 Å². The average Bonchev–Trinajstić information content (AvgIpc) is 2.28. The lowest BCUT2D eigenvalue weighted by atomic mass is 10.1. The summed E-state index contributed by atoms with van der Waals surface area (Å²) in [4.78, 5) is 0. The molecule has 0 bridgehead atoms. The maximum absolute atomic E-state index is 9.72. The second-order valence-electron chi connectivity index (χ2n) is 3.82. The molecule has 0 aliphatic carbocycles. The minimum Gasteiger partial charge on any atom is -0.507 e. The molecule has 16 heavy (non-hydrogen) atoms. The third-order valence-corrected chi connectivity index (χ3v) is 2.42. The van der Waals surface area contributed by atoms with Crippen molar-refractivity contribution in [3.63, 3.8) is 0 Å². The fourth-order valence-corrected chi connectivity index (χ4v) is 1.43. The van der Waals surface area contributed by atoms with Gasteiger partial charge in [0.1, 0.15) is 18.1 Å². The van der Waals surface area contributed by atoms with Crippen LogP contribution in [0.25, 0.3) is 0 Å². The zero-order valence-corrected chi connectivity index (χ0v) is 10.2. The van der Waals surface area contributed by atoms with Gasteiger partial charge in [0.2, 0.25) is 0 Å². The molecule has 0 atom stereocenters. The van der Waals surface area contributed by atoms with Crippen molar-refractivity contribution in [3.05, 3.63) is 23.3 Å². The van der Waals surface area contributed by atoms with Gasteiger partial charge in [-0.15, -0.1) is 0 Å².